The minimum absolute atomic E-state index is 0.119. The molecular formula is C9H18N2O2. The summed E-state index contributed by atoms with van der Waals surface area (Å²) in [5.74, 6) is 0.196. The van der Waals surface area contributed by atoms with Crippen molar-refractivity contribution in [2.24, 2.45) is 0 Å². The molecule has 0 atom stereocenters. The number of carbonyl (C=O) groups is 1. The van der Waals surface area contributed by atoms with Gasteiger partial charge >= 0.3 is 0 Å². The molecule has 1 heterocycles. The van der Waals surface area contributed by atoms with Gasteiger partial charge in [-0.2, -0.15) is 0 Å². The maximum Gasteiger partial charge on any atom is 0.236 e. The molecule has 0 aromatic carbocycles. The summed E-state index contributed by atoms with van der Waals surface area (Å²) in [4.78, 5) is 11.5. The van der Waals surface area contributed by atoms with Crippen LogP contribution in [0.1, 0.15) is 26.2 Å². The standard InChI is InChI=1S/C9H18N2O2/c1-2-5-11-9(13)4-3-6-10(11)7-8-12/h12H,2-8H2,1H3. The van der Waals surface area contributed by atoms with Crippen LogP contribution >= 0.6 is 0 Å². The Hall–Kier alpha value is -0.610. The van der Waals surface area contributed by atoms with Crippen LogP contribution < -0.4 is 0 Å². The molecule has 1 saturated heterocycles. The van der Waals surface area contributed by atoms with E-state index in [1.807, 2.05) is 5.01 Å². The van der Waals surface area contributed by atoms with E-state index in [0.717, 1.165) is 25.9 Å². The molecule has 1 fully saturated rings. The minimum atomic E-state index is 0.119. The number of aliphatic hydroxyl groups is 1. The van der Waals surface area contributed by atoms with Crippen LogP contribution in [0.15, 0.2) is 0 Å². The summed E-state index contributed by atoms with van der Waals surface area (Å²) < 4.78 is 0. The van der Waals surface area contributed by atoms with Crippen molar-refractivity contribution in [2.45, 2.75) is 26.2 Å². The predicted octanol–water partition coefficient (Wildman–Crippen LogP) is 0.228. The van der Waals surface area contributed by atoms with Crippen LogP contribution in [-0.4, -0.2) is 47.3 Å². The summed E-state index contributed by atoms with van der Waals surface area (Å²) in [6, 6.07) is 0. The fraction of sp³-hybridized carbons (Fsp3) is 0.889. The van der Waals surface area contributed by atoms with E-state index in [2.05, 4.69) is 6.92 Å². The highest BCUT2D eigenvalue weighted by molar-refractivity contribution is 5.76. The lowest BCUT2D eigenvalue weighted by Gasteiger charge is -2.38. The molecule has 0 saturated carbocycles. The first-order valence-electron chi connectivity index (χ1n) is 4.95. The van der Waals surface area contributed by atoms with Crippen molar-refractivity contribution < 1.29 is 9.90 Å². The molecule has 1 aliphatic rings. The lowest BCUT2D eigenvalue weighted by atomic mass is 10.2. The largest absolute Gasteiger partial charge is 0.395 e. The molecule has 1 rings (SSSR count). The number of aliphatic hydroxyl groups excluding tert-OH is 1. The topological polar surface area (TPSA) is 43.8 Å². The molecule has 0 aromatic rings. The van der Waals surface area contributed by atoms with E-state index < -0.39 is 0 Å². The van der Waals surface area contributed by atoms with Crippen LogP contribution in [0.2, 0.25) is 0 Å². The fourth-order valence-electron chi connectivity index (χ4n) is 1.65. The van der Waals surface area contributed by atoms with E-state index in [9.17, 15) is 4.79 Å². The molecule has 0 radical (unpaired) electrons. The number of rotatable bonds is 4. The number of β-amino-alcohol motifs (C(OH)–C–C–N with tert-alkyl or cyclic N) is 1. The second-order valence-corrected chi connectivity index (χ2v) is 3.30. The Bertz CT molecular complexity index is 171. The van der Waals surface area contributed by atoms with Gasteiger partial charge in [-0.1, -0.05) is 6.92 Å². The maximum absolute atomic E-state index is 11.5. The van der Waals surface area contributed by atoms with Crippen molar-refractivity contribution in [1.29, 1.82) is 0 Å². The predicted molar refractivity (Wildman–Crippen MR) is 49.9 cm³/mol. The highest BCUT2D eigenvalue weighted by Gasteiger charge is 2.24. The van der Waals surface area contributed by atoms with Gasteiger partial charge < -0.3 is 5.11 Å². The van der Waals surface area contributed by atoms with Gasteiger partial charge in [0.2, 0.25) is 5.91 Å². The molecule has 0 bridgehead atoms. The molecular weight excluding hydrogens is 168 g/mol. The number of amides is 1. The third-order valence-electron chi connectivity index (χ3n) is 2.23. The molecule has 4 heteroatoms. The highest BCUT2D eigenvalue weighted by Crippen LogP contribution is 2.11. The normalized spacial score (nSPS) is 19.5. The van der Waals surface area contributed by atoms with E-state index in [1.165, 1.54) is 0 Å². The van der Waals surface area contributed by atoms with E-state index in [4.69, 9.17) is 5.11 Å². The van der Waals surface area contributed by atoms with Gasteiger partial charge in [0.25, 0.3) is 0 Å². The Morgan fingerprint density at radius 3 is 2.85 bits per heavy atom. The summed E-state index contributed by atoms with van der Waals surface area (Å²) in [5.41, 5.74) is 0. The number of hydrogen-bond donors (Lipinski definition) is 1. The third kappa shape index (κ3) is 2.67. The first-order chi connectivity index (χ1) is 6.29. The van der Waals surface area contributed by atoms with Gasteiger partial charge in [-0.3, -0.25) is 9.80 Å². The van der Waals surface area contributed by atoms with Gasteiger partial charge in [-0.25, -0.2) is 5.01 Å². The Balaban J connectivity index is 2.51. The van der Waals surface area contributed by atoms with E-state index in [0.29, 0.717) is 13.0 Å². The number of nitrogens with zero attached hydrogens (tertiary/aromatic N) is 2. The average Bonchev–Trinajstić information content (AvgIpc) is 2.11. The molecule has 0 aromatic heterocycles. The Labute approximate surface area is 79.1 Å². The molecule has 1 amide bonds. The third-order valence-corrected chi connectivity index (χ3v) is 2.23. The van der Waals surface area contributed by atoms with Crippen molar-refractivity contribution in [3.63, 3.8) is 0 Å². The van der Waals surface area contributed by atoms with Crippen LogP contribution in [0, 0.1) is 0 Å². The maximum atomic E-state index is 11.5. The van der Waals surface area contributed by atoms with Crippen LogP contribution in [0.3, 0.4) is 0 Å². The van der Waals surface area contributed by atoms with Crippen LogP contribution in [-0.2, 0) is 4.79 Å². The zero-order valence-electron chi connectivity index (χ0n) is 8.20. The van der Waals surface area contributed by atoms with Crippen molar-refractivity contribution in [2.75, 3.05) is 26.2 Å². The zero-order valence-corrected chi connectivity index (χ0v) is 8.20. The molecule has 13 heavy (non-hydrogen) atoms. The molecule has 4 nitrogen and oxygen atoms in total. The number of hydrazine groups is 1. The van der Waals surface area contributed by atoms with Crippen molar-refractivity contribution in [1.82, 2.24) is 10.0 Å². The molecule has 76 valence electrons. The molecule has 1 aliphatic heterocycles. The molecule has 0 aliphatic carbocycles. The molecule has 0 spiro atoms. The van der Waals surface area contributed by atoms with Gasteiger partial charge in [-0.05, 0) is 12.8 Å². The van der Waals surface area contributed by atoms with Crippen molar-refractivity contribution in [3.05, 3.63) is 0 Å². The van der Waals surface area contributed by atoms with Crippen LogP contribution in [0.4, 0.5) is 0 Å². The van der Waals surface area contributed by atoms with Gasteiger partial charge in [0.1, 0.15) is 0 Å². The zero-order chi connectivity index (χ0) is 9.68. The Kier molecular flexibility index (Phi) is 4.18. The van der Waals surface area contributed by atoms with E-state index in [1.54, 1.807) is 5.01 Å². The summed E-state index contributed by atoms with van der Waals surface area (Å²) in [7, 11) is 0. The summed E-state index contributed by atoms with van der Waals surface area (Å²) in [6.45, 7) is 4.42. The fourth-order valence-corrected chi connectivity index (χ4v) is 1.65. The highest BCUT2D eigenvalue weighted by atomic mass is 16.3. The van der Waals surface area contributed by atoms with E-state index in [-0.39, 0.29) is 12.5 Å². The SMILES string of the molecule is CCCN1C(=O)CCCN1CCO. The summed E-state index contributed by atoms with van der Waals surface area (Å²) in [5, 5.41) is 12.5. The Morgan fingerprint density at radius 2 is 2.23 bits per heavy atom. The average molecular weight is 186 g/mol. The van der Waals surface area contributed by atoms with Gasteiger partial charge in [-0.15, -0.1) is 0 Å². The van der Waals surface area contributed by atoms with Gasteiger partial charge in [0.05, 0.1) is 6.61 Å². The van der Waals surface area contributed by atoms with Gasteiger partial charge in [0, 0.05) is 26.1 Å². The quantitative estimate of drug-likeness (QED) is 0.683. The van der Waals surface area contributed by atoms with Gasteiger partial charge in [0.15, 0.2) is 0 Å². The van der Waals surface area contributed by atoms with Crippen molar-refractivity contribution in [3.8, 4) is 0 Å². The summed E-state index contributed by atoms with van der Waals surface area (Å²) in [6.07, 6.45) is 2.54. The Morgan fingerprint density at radius 1 is 1.46 bits per heavy atom. The number of hydrogen-bond acceptors (Lipinski definition) is 3. The lowest BCUT2D eigenvalue weighted by Crippen LogP contribution is -2.51. The van der Waals surface area contributed by atoms with Crippen LogP contribution in [0.25, 0.3) is 0 Å². The lowest BCUT2D eigenvalue weighted by molar-refractivity contribution is -0.156. The monoisotopic (exact) mass is 186 g/mol. The smallest absolute Gasteiger partial charge is 0.236 e. The minimum Gasteiger partial charge on any atom is -0.395 e. The first-order valence-corrected chi connectivity index (χ1v) is 4.95. The first kappa shape index (κ1) is 10.5. The van der Waals surface area contributed by atoms with Crippen molar-refractivity contribution >= 4 is 5.91 Å². The second kappa shape index (κ2) is 5.19. The van der Waals surface area contributed by atoms with E-state index >= 15 is 0 Å². The van der Waals surface area contributed by atoms with Crippen LogP contribution in [0.5, 0.6) is 0 Å². The second-order valence-electron chi connectivity index (χ2n) is 3.30. The molecule has 1 N–H and O–H groups in total. The number of carbonyl (C=O) groups excluding carboxylic acids is 1. The molecule has 0 unspecified atom stereocenters. The summed E-state index contributed by atoms with van der Waals surface area (Å²) >= 11 is 0.